The largest absolute Gasteiger partial charge is 0.395 e. The molecular weight excluding hydrogens is 166 g/mol. The number of aliphatic hydroxyl groups is 1. The van der Waals surface area contributed by atoms with Crippen LogP contribution in [0.2, 0.25) is 0 Å². The molecule has 1 aliphatic rings. The van der Waals surface area contributed by atoms with Crippen LogP contribution in [0.1, 0.15) is 6.42 Å². The van der Waals surface area contributed by atoms with Gasteiger partial charge in [0.15, 0.2) is 9.84 Å². The lowest BCUT2D eigenvalue weighted by Gasteiger charge is -2.00. The number of hydrogen-bond acceptors (Lipinski definition) is 4. The predicted molar refractivity (Wildman–Crippen MR) is 38.4 cm³/mol. The first-order chi connectivity index (χ1) is 4.96. The summed E-state index contributed by atoms with van der Waals surface area (Å²) in [7, 11) is -3.14. The number of rotatable bonds is 2. The summed E-state index contributed by atoms with van der Waals surface area (Å²) in [5.41, 5.74) is -0.992. The summed E-state index contributed by atoms with van der Waals surface area (Å²) in [4.78, 5) is 0. The Morgan fingerprint density at radius 1 is 1.82 bits per heavy atom. The lowest BCUT2D eigenvalue weighted by atomic mass is 10.2. The van der Waals surface area contributed by atoms with E-state index in [1.165, 1.54) is 0 Å². The van der Waals surface area contributed by atoms with Gasteiger partial charge in [-0.15, -0.1) is 0 Å². The lowest BCUT2D eigenvalue weighted by molar-refractivity contribution is 0.246. The van der Waals surface area contributed by atoms with Crippen LogP contribution in [-0.2, 0) is 9.84 Å². The van der Waals surface area contributed by atoms with Gasteiger partial charge in [-0.25, -0.2) is 8.42 Å². The van der Waals surface area contributed by atoms with Crippen LogP contribution in [0.5, 0.6) is 0 Å². The van der Waals surface area contributed by atoms with Crippen LogP contribution in [0.4, 0.5) is 0 Å². The Bertz CT molecular complexity index is 302. The van der Waals surface area contributed by atoms with Crippen molar-refractivity contribution >= 4 is 9.84 Å². The van der Waals surface area contributed by atoms with Gasteiger partial charge in [0.05, 0.1) is 23.3 Å². The Morgan fingerprint density at radius 3 is 2.45 bits per heavy atom. The summed E-state index contributed by atoms with van der Waals surface area (Å²) in [6.07, 6.45) is 1.37. The number of nitrogens with zero attached hydrogens (tertiary/aromatic N) is 1. The zero-order chi connectivity index (χ0) is 8.70. The molecule has 0 aromatic carbocycles. The van der Waals surface area contributed by atoms with Gasteiger partial charge in [-0.05, 0) is 6.42 Å². The molecule has 0 aromatic heterocycles. The molecule has 0 radical (unpaired) electrons. The highest BCUT2D eigenvalue weighted by molar-refractivity contribution is 7.91. The second-order valence-corrected chi connectivity index (χ2v) is 5.18. The molecule has 4 nitrogen and oxygen atoms in total. The summed E-state index contributed by atoms with van der Waals surface area (Å²) in [5, 5.41) is 16.6. The first-order valence-corrected chi connectivity index (χ1v) is 5.13. The molecule has 62 valence electrons. The summed E-state index contributed by atoms with van der Waals surface area (Å²) in [5.74, 6) is 0. The number of aliphatic hydroxyl groups excluding tert-OH is 1. The van der Waals surface area contributed by atoms with Gasteiger partial charge < -0.3 is 5.11 Å². The predicted octanol–water partition coefficient (Wildman–Crippen LogP) is -0.694. The van der Waals surface area contributed by atoms with Gasteiger partial charge in [0, 0.05) is 6.26 Å². The lowest BCUT2D eigenvalue weighted by Crippen LogP contribution is -2.16. The highest BCUT2D eigenvalue weighted by Gasteiger charge is 2.60. The highest BCUT2D eigenvalue weighted by Crippen LogP contribution is 2.49. The third kappa shape index (κ3) is 1.24. The molecule has 1 aliphatic carbocycles. The first-order valence-electron chi connectivity index (χ1n) is 3.17. The first kappa shape index (κ1) is 8.50. The van der Waals surface area contributed by atoms with Crippen molar-refractivity contribution in [2.24, 2.45) is 5.41 Å². The minimum Gasteiger partial charge on any atom is -0.395 e. The maximum absolute atomic E-state index is 10.9. The van der Waals surface area contributed by atoms with Crippen LogP contribution in [0.15, 0.2) is 0 Å². The third-order valence-electron chi connectivity index (χ3n) is 2.03. The Balaban J connectivity index is 2.84. The van der Waals surface area contributed by atoms with Crippen molar-refractivity contribution in [1.82, 2.24) is 0 Å². The standard InChI is InChI=1S/C6H9NO3S/c1-11(9,10)5-2-6(5,3-7)4-8/h5,8H,2,4H2,1H3/t5-,6-/m0/s1. The van der Waals surface area contributed by atoms with Crippen molar-refractivity contribution in [1.29, 1.82) is 5.26 Å². The van der Waals surface area contributed by atoms with Crippen molar-refractivity contribution < 1.29 is 13.5 Å². The van der Waals surface area contributed by atoms with Crippen molar-refractivity contribution in [3.8, 4) is 6.07 Å². The van der Waals surface area contributed by atoms with Crippen LogP contribution in [0.25, 0.3) is 0 Å². The van der Waals surface area contributed by atoms with Gasteiger partial charge in [0.1, 0.15) is 0 Å². The quantitative estimate of drug-likeness (QED) is 0.602. The van der Waals surface area contributed by atoms with E-state index in [2.05, 4.69) is 0 Å². The van der Waals surface area contributed by atoms with Crippen LogP contribution in [0.3, 0.4) is 0 Å². The monoisotopic (exact) mass is 175 g/mol. The summed E-state index contributed by atoms with van der Waals surface area (Å²) < 4.78 is 21.7. The number of hydrogen-bond donors (Lipinski definition) is 1. The maximum Gasteiger partial charge on any atom is 0.152 e. The molecule has 0 spiro atoms. The van der Waals surface area contributed by atoms with Crippen molar-refractivity contribution in [2.75, 3.05) is 12.9 Å². The number of nitriles is 1. The van der Waals surface area contributed by atoms with Crippen molar-refractivity contribution in [3.05, 3.63) is 0 Å². The van der Waals surface area contributed by atoms with E-state index in [0.717, 1.165) is 6.26 Å². The Hall–Kier alpha value is -0.600. The van der Waals surface area contributed by atoms with Crippen LogP contribution in [0, 0.1) is 16.7 Å². The topological polar surface area (TPSA) is 78.2 Å². The van der Waals surface area contributed by atoms with Crippen molar-refractivity contribution in [2.45, 2.75) is 11.7 Å². The Morgan fingerprint density at radius 2 is 2.36 bits per heavy atom. The van der Waals surface area contributed by atoms with E-state index in [4.69, 9.17) is 10.4 Å². The van der Waals surface area contributed by atoms with Gasteiger partial charge in [0.25, 0.3) is 0 Å². The minimum absolute atomic E-state index is 0.277. The maximum atomic E-state index is 10.9. The SMILES string of the molecule is CS(=O)(=O)[C@H]1C[C@]1(C#N)CO. The summed E-state index contributed by atoms with van der Waals surface area (Å²) >= 11 is 0. The third-order valence-corrected chi connectivity index (χ3v) is 3.68. The summed E-state index contributed by atoms with van der Waals surface area (Å²) in [6.45, 7) is -0.360. The van der Waals surface area contributed by atoms with Gasteiger partial charge >= 0.3 is 0 Å². The summed E-state index contributed by atoms with van der Waals surface area (Å²) in [6, 6.07) is 1.83. The fourth-order valence-corrected chi connectivity index (χ4v) is 2.70. The van der Waals surface area contributed by atoms with E-state index in [1.807, 2.05) is 6.07 Å². The number of sulfone groups is 1. The van der Waals surface area contributed by atoms with Crippen LogP contribution < -0.4 is 0 Å². The fraction of sp³-hybridized carbons (Fsp3) is 0.833. The van der Waals surface area contributed by atoms with Gasteiger partial charge in [-0.3, -0.25) is 0 Å². The van der Waals surface area contributed by atoms with Crippen molar-refractivity contribution in [3.63, 3.8) is 0 Å². The Kier molecular flexibility index (Phi) is 1.69. The molecule has 0 saturated heterocycles. The molecule has 0 heterocycles. The molecular formula is C6H9NO3S. The molecule has 2 atom stereocenters. The minimum atomic E-state index is -3.14. The normalized spacial score (nSPS) is 36.3. The zero-order valence-corrected chi connectivity index (χ0v) is 6.93. The van der Waals surface area contributed by atoms with Crippen LogP contribution in [-0.4, -0.2) is 31.6 Å². The molecule has 0 aliphatic heterocycles. The van der Waals surface area contributed by atoms with E-state index in [1.54, 1.807) is 0 Å². The van der Waals surface area contributed by atoms with Gasteiger partial charge in [0.2, 0.25) is 0 Å². The fourth-order valence-electron chi connectivity index (χ4n) is 1.15. The van der Waals surface area contributed by atoms with E-state index >= 15 is 0 Å². The second-order valence-electron chi connectivity index (χ2n) is 2.95. The zero-order valence-electron chi connectivity index (χ0n) is 6.11. The highest BCUT2D eigenvalue weighted by atomic mass is 32.2. The molecule has 0 aromatic rings. The molecule has 1 rings (SSSR count). The van der Waals surface area contributed by atoms with E-state index in [9.17, 15) is 8.42 Å². The average molecular weight is 175 g/mol. The van der Waals surface area contributed by atoms with Gasteiger partial charge in [-0.1, -0.05) is 0 Å². The average Bonchev–Trinajstić information content (AvgIpc) is 2.61. The van der Waals surface area contributed by atoms with E-state index < -0.39 is 20.5 Å². The van der Waals surface area contributed by atoms with E-state index in [0.29, 0.717) is 0 Å². The molecule has 11 heavy (non-hydrogen) atoms. The molecule has 1 fully saturated rings. The van der Waals surface area contributed by atoms with Crippen LogP contribution >= 0.6 is 0 Å². The Labute approximate surface area is 65.4 Å². The smallest absolute Gasteiger partial charge is 0.152 e. The molecule has 0 amide bonds. The molecule has 1 N–H and O–H groups in total. The van der Waals surface area contributed by atoms with Gasteiger partial charge in [-0.2, -0.15) is 5.26 Å². The molecule has 0 bridgehead atoms. The second kappa shape index (κ2) is 2.19. The molecule has 0 unspecified atom stereocenters. The molecule has 1 saturated carbocycles. The van der Waals surface area contributed by atoms with E-state index in [-0.39, 0.29) is 13.0 Å². The molecule has 5 heteroatoms.